The summed E-state index contributed by atoms with van der Waals surface area (Å²) in [6, 6.07) is 5.35. The molecule has 0 bridgehead atoms. The molecular formula is C16H22O4. The molecule has 1 aromatic rings. The molecule has 0 radical (unpaired) electrons. The van der Waals surface area contributed by atoms with Crippen molar-refractivity contribution in [3.05, 3.63) is 29.8 Å². The number of carboxylic acid groups (broad SMARTS) is 1. The van der Waals surface area contributed by atoms with Gasteiger partial charge in [-0.2, -0.15) is 0 Å². The van der Waals surface area contributed by atoms with Crippen LogP contribution in [0.4, 0.5) is 0 Å². The first kappa shape index (κ1) is 16.1. The third-order valence-electron chi connectivity index (χ3n) is 2.73. The lowest BCUT2D eigenvalue weighted by Crippen LogP contribution is -2.11. The summed E-state index contributed by atoms with van der Waals surface area (Å²) < 4.78 is 10.9. The number of benzene rings is 1. The average molecular weight is 278 g/mol. The second-order valence-electron chi connectivity index (χ2n) is 5.73. The first-order valence-electron chi connectivity index (χ1n) is 6.54. The van der Waals surface area contributed by atoms with Gasteiger partial charge in [-0.25, -0.2) is 4.79 Å². The molecule has 0 unspecified atom stereocenters. The molecule has 0 heterocycles. The molecule has 0 saturated heterocycles. The van der Waals surface area contributed by atoms with Crippen LogP contribution in [-0.2, 0) is 4.79 Å². The van der Waals surface area contributed by atoms with Crippen LogP contribution in [0.3, 0.4) is 0 Å². The lowest BCUT2D eigenvalue weighted by Gasteiger charge is -2.19. The SMILES string of the molecule is COc1ccc(OCCC(C)(C)C)c(C=CC(=O)O)c1. The molecule has 1 aromatic carbocycles. The van der Waals surface area contributed by atoms with Gasteiger partial charge in [0.2, 0.25) is 0 Å². The van der Waals surface area contributed by atoms with E-state index in [1.54, 1.807) is 25.3 Å². The quantitative estimate of drug-likeness (QED) is 0.808. The van der Waals surface area contributed by atoms with E-state index in [0.29, 0.717) is 23.7 Å². The van der Waals surface area contributed by atoms with Gasteiger partial charge in [0.1, 0.15) is 11.5 Å². The van der Waals surface area contributed by atoms with Crippen molar-refractivity contribution in [2.45, 2.75) is 27.2 Å². The summed E-state index contributed by atoms with van der Waals surface area (Å²) in [6.45, 7) is 7.03. The summed E-state index contributed by atoms with van der Waals surface area (Å²) >= 11 is 0. The lowest BCUT2D eigenvalue weighted by molar-refractivity contribution is -0.131. The highest BCUT2D eigenvalue weighted by molar-refractivity contribution is 5.86. The summed E-state index contributed by atoms with van der Waals surface area (Å²) in [4.78, 5) is 10.6. The predicted molar refractivity (Wildman–Crippen MR) is 79.2 cm³/mol. The van der Waals surface area contributed by atoms with Crippen LogP contribution in [0.1, 0.15) is 32.8 Å². The van der Waals surface area contributed by atoms with E-state index in [1.807, 2.05) is 0 Å². The Morgan fingerprint density at radius 2 is 2.05 bits per heavy atom. The van der Waals surface area contributed by atoms with Crippen molar-refractivity contribution < 1.29 is 19.4 Å². The van der Waals surface area contributed by atoms with Crippen molar-refractivity contribution in [1.82, 2.24) is 0 Å². The van der Waals surface area contributed by atoms with E-state index in [0.717, 1.165) is 12.5 Å². The maximum atomic E-state index is 10.6. The third-order valence-corrected chi connectivity index (χ3v) is 2.73. The van der Waals surface area contributed by atoms with Gasteiger partial charge in [0, 0.05) is 11.6 Å². The molecule has 4 nitrogen and oxygen atoms in total. The Bertz CT molecular complexity index is 484. The number of aliphatic carboxylic acids is 1. The van der Waals surface area contributed by atoms with Crippen LogP contribution >= 0.6 is 0 Å². The zero-order chi connectivity index (χ0) is 15.2. The van der Waals surface area contributed by atoms with E-state index in [1.165, 1.54) is 6.08 Å². The van der Waals surface area contributed by atoms with Crippen LogP contribution in [0.15, 0.2) is 24.3 Å². The van der Waals surface area contributed by atoms with E-state index in [-0.39, 0.29) is 5.41 Å². The lowest BCUT2D eigenvalue weighted by atomic mass is 9.93. The number of hydrogen-bond acceptors (Lipinski definition) is 3. The number of carboxylic acids is 1. The molecule has 0 aliphatic heterocycles. The Morgan fingerprint density at radius 3 is 2.60 bits per heavy atom. The van der Waals surface area contributed by atoms with Crippen molar-refractivity contribution in [1.29, 1.82) is 0 Å². The highest BCUT2D eigenvalue weighted by atomic mass is 16.5. The molecule has 1 N–H and O–H groups in total. The third kappa shape index (κ3) is 5.78. The fourth-order valence-electron chi connectivity index (χ4n) is 1.54. The average Bonchev–Trinajstić information content (AvgIpc) is 2.35. The molecule has 0 atom stereocenters. The predicted octanol–water partition coefficient (Wildman–Crippen LogP) is 3.61. The Balaban J connectivity index is 2.85. The Morgan fingerprint density at radius 1 is 1.35 bits per heavy atom. The topological polar surface area (TPSA) is 55.8 Å². The normalized spacial score (nSPS) is 11.6. The van der Waals surface area contributed by atoms with Gasteiger partial charge >= 0.3 is 5.97 Å². The molecule has 0 amide bonds. The van der Waals surface area contributed by atoms with Gasteiger partial charge in [-0.15, -0.1) is 0 Å². The van der Waals surface area contributed by atoms with Crippen molar-refractivity contribution >= 4 is 12.0 Å². The Labute approximate surface area is 120 Å². The number of methoxy groups -OCH3 is 1. The van der Waals surface area contributed by atoms with Gasteiger partial charge in [0.15, 0.2) is 0 Å². The number of carbonyl (C=O) groups is 1. The minimum absolute atomic E-state index is 0.198. The summed E-state index contributed by atoms with van der Waals surface area (Å²) in [6.07, 6.45) is 3.52. The molecule has 0 spiro atoms. The van der Waals surface area contributed by atoms with Gasteiger partial charge < -0.3 is 14.6 Å². The fourth-order valence-corrected chi connectivity index (χ4v) is 1.54. The maximum Gasteiger partial charge on any atom is 0.328 e. The van der Waals surface area contributed by atoms with Crippen LogP contribution in [-0.4, -0.2) is 24.8 Å². The van der Waals surface area contributed by atoms with Crippen LogP contribution in [0.2, 0.25) is 0 Å². The second-order valence-corrected chi connectivity index (χ2v) is 5.73. The molecule has 110 valence electrons. The summed E-state index contributed by atoms with van der Waals surface area (Å²) in [5.74, 6) is 0.333. The summed E-state index contributed by atoms with van der Waals surface area (Å²) in [7, 11) is 1.57. The molecule has 0 aliphatic carbocycles. The smallest absolute Gasteiger partial charge is 0.328 e. The number of hydrogen-bond donors (Lipinski definition) is 1. The molecule has 20 heavy (non-hydrogen) atoms. The molecule has 1 rings (SSSR count). The van der Waals surface area contributed by atoms with Gasteiger partial charge in [-0.05, 0) is 36.1 Å². The Kier molecular flexibility index (Phi) is 5.62. The number of rotatable bonds is 6. The number of ether oxygens (including phenoxy) is 2. The molecule has 0 saturated carbocycles. The van der Waals surface area contributed by atoms with Crippen molar-refractivity contribution in [3.63, 3.8) is 0 Å². The second kappa shape index (κ2) is 6.98. The van der Waals surface area contributed by atoms with Crippen LogP contribution in [0, 0.1) is 5.41 Å². The standard InChI is InChI=1S/C16H22O4/c1-16(2,3)9-10-20-14-7-6-13(19-4)11-12(14)5-8-15(17)18/h5-8,11H,9-10H2,1-4H3,(H,17,18). The molecule has 4 heteroatoms. The van der Waals surface area contributed by atoms with Gasteiger partial charge in [0.05, 0.1) is 13.7 Å². The van der Waals surface area contributed by atoms with E-state index in [2.05, 4.69) is 20.8 Å². The van der Waals surface area contributed by atoms with Crippen LogP contribution < -0.4 is 9.47 Å². The largest absolute Gasteiger partial charge is 0.497 e. The zero-order valence-electron chi connectivity index (χ0n) is 12.5. The summed E-state index contributed by atoms with van der Waals surface area (Å²) in [5, 5.41) is 8.72. The van der Waals surface area contributed by atoms with Gasteiger partial charge in [-0.3, -0.25) is 0 Å². The van der Waals surface area contributed by atoms with Gasteiger partial charge in [-0.1, -0.05) is 20.8 Å². The van der Waals surface area contributed by atoms with E-state index in [4.69, 9.17) is 14.6 Å². The monoisotopic (exact) mass is 278 g/mol. The van der Waals surface area contributed by atoms with Crippen molar-refractivity contribution in [2.24, 2.45) is 5.41 Å². The first-order valence-corrected chi connectivity index (χ1v) is 6.54. The molecule has 0 aromatic heterocycles. The maximum absolute atomic E-state index is 10.6. The van der Waals surface area contributed by atoms with E-state index in [9.17, 15) is 4.79 Å². The van der Waals surface area contributed by atoms with E-state index >= 15 is 0 Å². The summed E-state index contributed by atoms with van der Waals surface area (Å²) in [5.41, 5.74) is 0.893. The van der Waals surface area contributed by atoms with Crippen molar-refractivity contribution in [2.75, 3.05) is 13.7 Å². The highest BCUT2D eigenvalue weighted by Crippen LogP contribution is 2.27. The van der Waals surface area contributed by atoms with E-state index < -0.39 is 5.97 Å². The Hall–Kier alpha value is -1.97. The first-order chi connectivity index (χ1) is 9.31. The molecular weight excluding hydrogens is 256 g/mol. The molecule has 0 fully saturated rings. The minimum atomic E-state index is -0.992. The minimum Gasteiger partial charge on any atom is -0.497 e. The fraction of sp³-hybridized carbons (Fsp3) is 0.438. The van der Waals surface area contributed by atoms with Crippen LogP contribution in [0.25, 0.3) is 6.08 Å². The highest BCUT2D eigenvalue weighted by Gasteiger charge is 2.11. The van der Waals surface area contributed by atoms with Crippen molar-refractivity contribution in [3.8, 4) is 11.5 Å². The molecule has 0 aliphatic rings. The van der Waals surface area contributed by atoms with Gasteiger partial charge in [0.25, 0.3) is 0 Å². The van der Waals surface area contributed by atoms with Crippen LogP contribution in [0.5, 0.6) is 11.5 Å². The zero-order valence-corrected chi connectivity index (χ0v) is 12.5.